The monoisotopic (exact) mass is 478 g/mol. The van der Waals surface area contributed by atoms with Crippen molar-refractivity contribution < 1.29 is 14.3 Å². The molecule has 3 saturated carbocycles. The number of benzene rings is 2. The van der Waals surface area contributed by atoms with E-state index in [2.05, 4.69) is 20.9 Å². The Labute approximate surface area is 203 Å². The van der Waals surface area contributed by atoms with Gasteiger partial charge in [0.05, 0.1) is 5.02 Å². The average molecular weight is 479 g/mol. The zero-order valence-corrected chi connectivity index (χ0v) is 19.9. The van der Waals surface area contributed by atoms with Gasteiger partial charge < -0.3 is 20.3 Å². The molecule has 0 radical (unpaired) electrons. The lowest BCUT2D eigenvalue weighted by molar-refractivity contribution is -0.132. The van der Waals surface area contributed by atoms with E-state index in [1.54, 1.807) is 6.92 Å². The van der Waals surface area contributed by atoms with Crippen LogP contribution in [0.4, 0.5) is 5.69 Å². The van der Waals surface area contributed by atoms with Gasteiger partial charge in [0.25, 0.3) is 11.8 Å². The van der Waals surface area contributed by atoms with E-state index in [9.17, 15) is 9.59 Å². The van der Waals surface area contributed by atoms with Gasteiger partial charge in [-0.2, -0.15) is 0 Å². The van der Waals surface area contributed by atoms with E-state index in [0.29, 0.717) is 34.5 Å². The van der Waals surface area contributed by atoms with Gasteiger partial charge in [0.2, 0.25) is 5.72 Å². The minimum atomic E-state index is -1.18. The highest BCUT2D eigenvalue weighted by atomic mass is 35.5. The Morgan fingerprint density at radius 2 is 1.88 bits per heavy atom. The second-order valence-electron chi connectivity index (χ2n) is 10.7. The molecule has 3 aliphatic carbocycles. The summed E-state index contributed by atoms with van der Waals surface area (Å²) in [5.41, 5.74) is 1.28. The van der Waals surface area contributed by atoms with Crippen molar-refractivity contribution in [1.29, 1.82) is 0 Å². The second-order valence-corrected chi connectivity index (χ2v) is 11.1. The predicted octanol–water partition coefficient (Wildman–Crippen LogP) is 3.10. The second kappa shape index (κ2) is 6.46. The van der Waals surface area contributed by atoms with Gasteiger partial charge in [0.1, 0.15) is 11.4 Å². The number of anilines is 1. The van der Waals surface area contributed by atoms with Crippen LogP contribution in [0.15, 0.2) is 42.5 Å². The summed E-state index contributed by atoms with van der Waals surface area (Å²) in [5.74, 6) is 0.343. The molecule has 2 saturated heterocycles. The summed E-state index contributed by atoms with van der Waals surface area (Å²) in [7, 11) is 0. The van der Waals surface area contributed by atoms with Crippen molar-refractivity contribution in [3.05, 3.63) is 58.6 Å². The third-order valence-electron chi connectivity index (χ3n) is 8.48. The first-order chi connectivity index (χ1) is 16.2. The van der Waals surface area contributed by atoms with Gasteiger partial charge in [-0.1, -0.05) is 17.7 Å². The minimum Gasteiger partial charge on any atom is -0.462 e. The topological polar surface area (TPSA) is 82.7 Å². The highest BCUT2D eigenvalue weighted by molar-refractivity contribution is 6.32. The van der Waals surface area contributed by atoms with Crippen LogP contribution in [0.3, 0.4) is 0 Å². The van der Waals surface area contributed by atoms with Crippen LogP contribution in [-0.4, -0.2) is 41.3 Å². The number of rotatable bonds is 5. The molecule has 2 aromatic carbocycles. The molecular formula is C26H27ClN4O3. The van der Waals surface area contributed by atoms with Gasteiger partial charge >= 0.3 is 0 Å². The summed E-state index contributed by atoms with van der Waals surface area (Å²) in [6.07, 6.45) is 3.99. The van der Waals surface area contributed by atoms with Crippen molar-refractivity contribution in [1.82, 2.24) is 16.0 Å². The van der Waals surface area contributed by atoms with Crippen molar-refractivity contribution in [2.75, 3.05) is 4.90 Å². The number of amides is 2. The molecule has 5 fully saturated rings. The highest BCUT2D eigenvalue weighted by Gasteiger charge is 2.90. The normalized spacial score (nSPS) is 36.7. The largest absolute Gasteiger partial charge is 0.462 e. The van der Waals surface area contributed by atoms with Crippen LogP contribution in [0.2, 0.25) is 5.02 Å². The fourth-order valence-corrected chi connectivity index (χ4v) is 6.76. The highest BCUT2D eigenvalue weighted by Crippen LogP contribution is 2.78. The Balaban J connectivity index is 1.06. The molecule has 5 atom stereocenters. The lowest BCUT2D eigenvalue weighted by Gasteiger charge is -2.66. The van der Waals surface area contributed by atoms with Crippen molar-refractivity contribution >= 4 is 29.1 Å². The molecule has 2 spiro atoms. The van der Waals surface area contributed by atoms with E-state index in [1.807, 2.05) is 49.4 Å². The summed E-state index contributed by atoms with van der Waals surface area (Å²) in [5, 5.41) is 10.3. The van der Waals surface area contributed by atoms with Crippen molar-refractivity contribution in [2.45, 2.75) is 69.0 Å². The number of ether oxygens (including phenoxy) is 1. The van der Waals surface area contributed by atoms with E-state index in [4.69, 9.17) is 16.3 Å². The maximum Gasteiger partial charge on any atom is 0.281 e. The van der Waals surface area contributed by atoms with Crippen LogP contribution in [0.5, 0.6) is 5.75 Å². The molecule has 3 N–H and O–H groups in total. The van der Waals surface area contributed by atoms with Crippen molar-refractivity contribution in [3.63, 3.8) is 0 Å². The summed E-state index contributed by atoms with van der Waals surface area (Å²) >= 11 is 6.36. The SMILES string of the molecule is Cc1ccc(OC2(C)NC3(CC4N(c5ccc(C(=O)NC6CC6)cc5)C5CC453)NC2=O)c(Cl)c1. The maximum atomic E-state index is 13.1. The first-order valence-electron chi connectivity index (χ1n) is 12.0. The Bertz CT molecular complexity index is 1250. The summed E-state index contributed by atoms with van der Waals surface area (Å²) in [6, 6.07) is 14.6. The van der Waals surface area contributed by atoms with Gasteiger partial charge in [-0.05, 0) is 75.1 Å². The number of halogens is 1. The lowest BCUT2D eigenvalue weighted by atomic mass is 9.59. The van der Waals surface area contributed by atoms with Crippen LogP contribution >= 0.6 is 11.6 Å². The van der Waals surface area contributed by atoms with Crippen molar-refractivity contribution in [3.8, 4) is 5.75 Å². The van der Waals surface area contributed by atoms with Crippen LogP contribution in [0.25, 0.3) is 0 Å². The van der Waals surface area contributed by atoms with E-state index in [0.717, 1.165) is 36.9 Å². The molecule has 2 heterocycles. The number of carbonyl (C=O) groups is 2. The summed E-state index contributed by atoms with van der Waals surface area (Å²) in [4.78, 5) is 27.8. The molecule has 2 aromatic rings. The van der Waals surface area contributed by atoms with E-state index < -0.39 is 11.4 Å². The molecular weight excluding hydrogens is 452 g/mol. The molecule has 5 unspecified atom stereocenters. The fraction of sp³-hybridized carbons (Fsp3) is 0.462. The van der Waals surface area contributed by atoms with Crippen molar-refractivity contribution in [2.24, 2.45) is 5.41 Å². The summed E-state index contributed by atoms with van der Waals surface area (Å²) < 4.78 is 6.14. The molecule has 5 aliphatic rings. The number of nitrogens with zero attached hydrogens (tertiary/aromatic N) is 1. The quantitative estimate of drug-likeness (QED) is 0.615. The number of nitrogens with one attached hydrogen (secondary N) is 3. The third-order valence-corrected chi connectivity index (χ3v) is 8.78. The molecule has 34 heavy (non-hydrogen) atoms. The predicted molar refractivity (Wildman–Crippen MR) is 128 cm³/mol. The number of hydrogen-bond acceptors (Lipinski definition) is 5. The van der Waals surface area contributed by atoms with Gasteiger partial charge in [-0.25, -0.2) is 5.32 Å². The fourth-order valence-electron chi connectivity index (χ4n) is 6.49. The standard InChI is InChI=1S/C26H27ClN4O3/c1-14-3-10-19(18(27)11-14)34-24(2)23(33)29-26(30-24)13-21-25(26)12-20(25)31(21)17-8-4-15(5-9-17)22(32)28-16-6-7-16/h3-5,8-11,16,20-21,30H,6-7,12-13H2,1-2H3,(H,28,32)(H,29,33). The van der Waals surface area contributed by atoms with Gasteiger partial charge in [0.15, 0.2) is 0 Å². The lowest BCUT2D eigenvalue weighted by Crippen LogP contribution is -2.83. The Morgan fingerprint density at radius 3 is 2.56 bits per heavy atom. The smallest absolute Gasteiger partial charge is 0.281 e. The van der Waals surface area contributed by atoms with Crippen LogP contribution < -0.4 is 25.6 Å². The molecule has 2 aliphatic heterocycles. The molecule has 2 amide bonds. The van der Waals surface area contributed by atoms with Crippen LogP contribution in [-0.2, 0) is 4.79 Å². The maximum absolute atomic E-state index is 13.1. The van der Waals surface area contributed by atoms with Gasteiger partial charge in [-0.3, -0.25) is 9.59 Å². The summed E-state index contributed by atoms with van der Waals surface area (Å²) in [6.45, 7) is 3.74. The molecule has 7 rings (SSSR count). The average Bonchev–Trinajstić information content (AvgIpc) is 3.70. The van der Waals surface area contributed by atoms with E-state index >= 15 is 0 Å². The molecule has 0 aromatic heterocycles. The minimum absolute atomic E-state index is 0.00635. The zero-order chi connectivity index (χ0) is 23.5. The Hall–Kier alpha value is -2.77. The first kappa shape index (κ1) is 20.6. The molecule has 8 heteroatoms. The molecule has 7 nitrogen and oxygen atoms in total. The number of piperidine rings is 1. The van der Waals surface area contributed by atoms with Crippen LogP contribution in [0, 0.1) is 12.3 Å². The number of aryl methyl sites for hydroxylation is 1. The Kier molecular flexibility index (Phi) is 3.91. The number of carbonyl (C=O) groups excluding carboxylic acids is 2. The van der Waals surface area contributed by atoms with E-state index in [-0.39, 0.29) is 17.2 Å². The van der Waals surface area contributed by atoms with Crippen LogP contribution in [0.1, 0.15) is 48.5 Å². The zero-order valence-electron chi connectivity index (χ0n) is 19.2. The molecule has 0 bridgehead atoms. The first-order valence-corrected chi connectivity index (χ1v) is 12.4. The number of hydrogen-bond donors (Lipinski definition) is 3. The molecule has 176 valence electrons. The van der Waals surface area contributed by atoms with E-state index in [1.165, 1.54) is 0 Å². The Morgan fingerprint density at radius 1 is 1.15 bits per heavy atom. The van der Waals surface area contributed by atoms with Gasteiger partial charge in [0, 0.05) is 41.2 Å². The van der Waals surface area contributed by atoms with Gasteiger partial charge in [-0.15, -0.1) is 0 Å². The third kappa shape index (κ3) is 2.62.